The number of halogens is 1. The van der Waals surface area contributed by atoms with Gasteiger partial charge >= 0.3 is 0 Å². The van der Waals surface area contributed by atoms with Crippen molar-refractivity contribution in [2.45, 2.75) is 0 Å². The number of nitrogen functional groups attached to an aromatic ring is 1. The number of hydrogen-bond donors (Lipinski definition) is 2. The van der Waals surface area contributed by atoms with Crippen LogP contribution in [0, 0.1) is 0 Å². The average Bonchev–Trinajstić information content (AvgIpc) is 2.29. The zero-order chi connectivity index (χ0) is 9.84. The van der Waals surface area contributed by atoms with Gasteiger partial charge in [-0.1, -0.05) is 28.1 Å². The van der Waals surface area contributed by atoms with E-state index >= 15 is 0 Å². The minimum absolute atomic E-state index is 0.0571. The van der Waals surface area contributed by atoms with E-state index in [2.05, 4.69) is 15.0 Å². The minimum Gasteiger partial charge on any atom is -0.375 e. The molecule has 0 bridgehead atoms. The highest BCUT2D eigenvalue weighted by atomic mass is 35.5. The van der Waals surface area contributed by atoms with Gasteiger partial charge in [-0.2, -0.15) is 4.98 Å². The fourth-order valence-electron chi connectivity index (χ4n) is 0.487. The predicted molar refractivity (Wildman–Crippen MR) is 49.9 cm³/mol. The van der Waals surface area contributed by atoms with Crippen LogP contribution in [0.5, 0.6) is 5.88 Å². The number of aromatic nitrogens is 1. The molecule has 6 nitrogen and oxygen atoms in total. The Kier molecular flexibility index (Phi) is 3.04. The van der Waals surface area contributed by atoms with Crippen LogP contribution in [0.15, 0.2) is 5.16 Å². The highest BCUT2D eigenvalue weighted by Crippen LogP contribution is 2.31. The minimum atomic E-state index is -0.723. The van der Waals surface area contributed by atoms with Crippen molar-refractivity contribution < 1.29 is 9.63 Å². The summed E-state index contributed by atoms with van der Waals surface area (Å²) in [5.74, 6) is -0.666. The molecule has 1 amide bonds. The lowest BCUT2D eigenvalue weighted by Gasteiger charge is -1.90. The predicted octanol–water partition coefficient (Wildman–Crippen LogP) is 0.229. The van der Waals surface area contributed by atoms with Crippen LogP contribution in [0.4, 0.5) is 5.13 Å². The van der Waals surface area contributed by atoms with E-state index in [1.54, 1.807) is 0 Å². The highest BCUT2D eigenvalue weighted by molar-refractivity contribution is 7.19. The number of thiazole rings is 1. The summed E-state index contributed by atoms with van der Waals surface area (Å²) in [6.45, 7) is 0. The van der Waals surface area contributed by atoms with Crippen LogP contribution < -0.4 is 16.3 Å². The van der Waals surface area contributed by atoms with Crippen molar-refractivity contribution in [3.63, 3.8) is 0 Å². The molecule has 1 aromatic rings. The van der Waals surface area contributed by atoms with Gasteiger partial charge in [0.25, 0.3) is 11.8 Å². The van der Waals surface area contributed by atoms with Crippen LogP contribution in [-0.2, 0) is 4.79 Å². The third-order valence-electron chi connectivity index (χ3n) is 0.893. The molecule has 13 heavy (non-hydrogen) atoms. The molecule has 1 aromatic heterocycles. The third kappa shape index (κ3) is 2.88. The summed E-state index contributed by atoms with van der Waals surface area (Å²) in [4.78, 5) is 18.5. The van der Waals surface area contributed by atoms with Gasteiger partial charge in [-0.05, 0) is 0 Å². The quantitative estimate of drug-likeness (QED) is 0.562. The first-order valence-corrected chi connectivity index (χ1v) is 4.20. The molecule has 0 fully saturated rings. The smallest absolute Gasteiger partial charge is 0.280 e. The Morgan fingerprint density at radius 3 is 2.92 bits per heavy atom. The van der Waals surface area contributed by atoms with Gasteiger partial charge in [0.1, 0.15) is 6.21 Å². The number of nitrogens with two attached hydrogens (primary N) is 2. The second kappa shape index (κ2) is 4.06. The summed E-state index contributed by atoms with van der Waals surface area (Å²) in [5.41, 5.74) is 10.1. The molecule has 70 valence electrons. The molecule has 0 aliphatic heterocycles. The molecule has 0 aliphatic rings. The molecule has 1 heterocycles. The zero-order valence-electron chi connectivity index (χ0n) is 6.23. The van der Waals surface area contributed by atoms with E-state index in [0.29, 0.717) is 0 Å². The monoisotopic (exact) mass is 220 g/mol. The molecule has 0 aromatic carbocycles. The van der Waals surface area contributed by atoms with E-state index < -0.39 is 5.91 Å². The van der Waals surface area contributed by atoms with E-state index in [0.717, 1.165) is 17.6 Å². The van der Waals surface area contributed by atoms with Crippen molar-refractivity contribution in [2.75, 3.05) is 5.73 Å². The van der Waals surface area contributed by atoms with Gasteiger partial charge in [-0.3, -0.25) is 4.79 Å². The van der Waals surface area contributed by atoms with Crippen LogP contribution in [0.25, 0.3) is 0 Å². The molecule has 0 aliphatic carbocycles. The summed E-state index contributed by atoms with van der Waals surface area (Å²) >= 11 is 6.67. The van der Waals surface area contributed by atoms with Crippen molar-refractivity contribution in [2.24, 2.45) is 10.9 Å². The van der Waals surface area contributed by atoms with E-state index in [9.17, 15) is 4.79 Å². The highest BCUT2D eigenvalue weighted by Gasteiger charge is 2.07. The van der Waals surface area contributed by atoms with Crippen molar-refractivity contribution in [3.05, 3.63) is 4.34 Å². The van der Waals surface area contributed by atoms with Gasteiger partial charge < -0.3 is 16.3 Å². The van der Waals surface area contributed by atoms with Crippen LogP contribution in [0.3, 0.4) is 0 Å². The van der Waals surface area contributed by atoms with Crippen molar-refractivity contribution in [1.29, 1.82) is 0 Å². The topological polar surface area (TPSA) is 104 Å². The maximum Gasteiger partial charge on any atom is 0.280 e. The second-order valence-corrected chi connectivity index (χ2v) is 3.49. The first-order chi connectivity index (χ1) is 6.09. The summed E-state index contributed by atoms with van der Waals surface area (Å²) in [5, 5.41) is 3.48. The first-order valence-electron chi connectivity index (χ1n) is 3.01. The zero-order valence-corrected chi connectivity index (χ0v) is 7.80. The second-order valence-electron chi connectivity index (χ2n) is 1.86. The van der Waals surface area contributed by atoms with Gasteiger partial charge in [0.15, 0.2) is 9.47 Å². The molecule has 0 atom stereocenters. The number of anilines is 1. The number of oxime groups is 1. The molecule has 0 saturated carbocycles. The normalized spacial score (nSPS) is 10.5. The Hall–Kier alpha value is -1.34. The van der Waals surface area contributed by atoms with Crippen molar-refractivity contribution in [3.8, 4) is 5.88 Å². The number of primary amides is 1. The van der Waals surface area contributed by atoms with Gasteiger partial charge in [0.2, 0.25) is 0 Å². The largest absolute Gasteiger partial charge is 0.375 e. The first kappa shape index (κ1) is 9.75. The number of hydrogen-bond acceptors (Lipinski definition) is 6. The van der Waals surface area contributed by atoms with Gasteiger partial charge in [-0.25, -0.2) is 0 Å². The fraction of sp³-hybridized carbons (Fsp3) is 0. The standard InChI is InChI=1S/C5H5ClN4O2S/c6-3-4(10-5(8)13-3)12-9-1-2(7)11/h1H,(H2,7,11)(H2,8,10)/b9-1+. The van der Waals surface area contributed by atoms with E-state index in [4.69, 9.17) is 23.1 Å². The Bertz CT molecular complexity index is 350. The summed E-state index contributed by atoms with van der Waals surface area (Å²) < 4.78 is 0.263. The fourth-order valence-corrected chi connectivity index (χ4v) is 1.28. The maximum absolute atomic E-state index is 10.2. The number of amides is 1. The van der Waals surface area contributed by atoms with Crippen molar-refractivity contribution in [1.82, 2.24) is 4.98 Å². The molecule has 8 heteroatoms. The maximum atomic E-state index is 10.2. The van der Waals surface area contributed by atoms with Crippen LogP contribution in [-0.4, -0.2) is 17.1 Å². The number of carbonyl (C=O) groups excluding carboxylic acids is 1. The SMILES string of the molecule is NC(=O)/C=N/Oc1nc(N)sc1Cl. The Balaban J connectivity index is 2.64. The van der Waals surface area contributed by atoms with E-state index in [1.165, 1.54) is 0 Å². The molecule has 0 unspecified atom stereocenters. The molecule has 0 radical (unpaired) electrons. The van der Waals surface area contributed by atoms with Crippen LogP contribution in [0.1, 0.15) is 0 Å². The average molecular weight is 221 g/mol. The molecule has 4 N–H and O–H groups in total. The third-order valence-corrected chi connectivity index (χ3v) is 1.94. The summed E-state index contributed by atoms with van der Waals surface area (Å²) in [6, 6.07) is 0. The molecular formula is C5H5ClN4O2S. The number of rotatable bonds is 3. The van der Waals surface area contributed by atoms with E-state index in [-0.39, 0.29) is 15.3 Å². The Labute approximate surface area is 82.1 Å². The molecule has 0 spiro atoms. The van der Waals surface area contributed by atoms with Crippen LogP contribution >= 0.6 is 22.9 Å². The number of carbonyl (C=O) groups is 1. The lowest BCUT2D eigenvalue weighted by atomic mass is 10.7. The van der Waals surface area contributed by atoms with Gasteiger partial charge in [0.05, 0.1) is 0 Å². The summed E-state index contributed by atoms with van der Waals surface area (Å²) in [6.07, 6.45) is 0.797. The lowest BCUT2D eigenvalue weighted by Crippen LogP contribution is -2.12. The number of nitrogens with zero attached hydrogens (tertiary/aromatic N) is 2. The molecule has 1 rings (SSSR count). The van der Waals surface area contributed by atoms with Crippen LogP contribution in [0.2, 0.25) is 4.34 Å². The van der Waals surface area contributed by atoms with Gasteiger partial charge in [0, 0.05) is 0 Å². The van der Waals surface area contributed by atoms with Gasteiger partial charge in [-0.15, -0.1) is 0 Å². The van der Waals surface area contributed by atoms with E-state index in [1.807, 2.05) is 0 Å². The molecule has 0 saturated heterocycles. The van der Waals surface area contributed by atoms with Crippen molar-refractivity contribution >= 4 is 40.2 Å². The summed E-state index contributed by atoms with van der Waals surface area (Å²) in [7, 11) is 0. The molecular weight excluding hydrogens is 216 g/mol. The lowest BCUT2D eigenvalue weighted by molar-refractivity contribution is -0.111. The Morgan fingerprint density at radius 1 is 1.77 bits per heavy atom. The Morgan fingerprint density at radius 2 is 2.46 bits per heavy atom.